The van der Waals surface area contributed by atoms with Gasteiger partial charge in [-0.2, -0.15) is 0 Å². The molecule has 3 rings (SSSR count). The SMILES string of the molecule is CC[C@H](C)[C@H](NC(=O)OC)C(=O)NN(Cc1ccc(-n2cnnc2)cc1)CC(O)C(Cc1ccccc1)NC(=O)[C@@H](NC(=O)OC)C(C)C. The monoisotopic (exact) mass is 680 g/mol. The van der Waals surface area contributed by atoms with Crippen LogP contribution in [0.3, 0.4) is 0 Å². The van der Waals surface area contributed by atoms with Crippen molar-refractivity contribution in [2.24, 2.45) is 11.8 Å². The highest BCUT2D eigenvalue weighted by molar-refractivity contribution is 5.86. The Morgan fingerprint density at radius 2 is 1.41 bits per heavy atom. The topological polar surface area (TPSA) is 189 Å². The highest BCUT2D eigenvalue weighted by atomic mass is 16.5. The van der Waals surface area contributed by atoms with Crippen molar-refractivity contribution >= 4 is 24.0 Å². The fourth-order valence-electron chi connectivity index (χ4n) is 5.09. The summed E-state index contributed by atoms with van der Waals surface area (Å²) in [6.07, 6.45) is 1.29. The lowest BCUT2D eigenvalue weighted by molar-refractivity contribution is -0.131. The van der Waals surface area contributed by atoms with E-state index in [2.05, 4.69) is 31.6 Å². The van der Waals surface area contributed by atoms with Gasteiger partial charge in [-0.1, -0.05) is 76.6 Å². The molecule has 5 atom stereocenters. The number of benzene rings is 2. The Kier molecular flexibility index (Phi) is 15.0. The molecule has 0 saturated carbocycles. The molecule has 0 spiro atoms. The molecule has 1 aromatic heterocycles. The number of carbonyl (C=O) groups is 4. The quantitative estimate of drug-likeness (QED) is 0.132. The van der Waals surface area contributed by atoms with Crippen LogP contribution in [0.1, 0.15) is 45.2 Å². The van der Waals surface area contributed by atoms with Crippen molar-refractivity contribution in [2.45, 2.75) is 71.3 Å². The molecule has 15 nitrogen and oxygen atoms in total. The molecule has 0 saturated heterocycles. The maximum atomic E-state index is 13.7. The predicted octanol–water partition coefficient (Wildman–Crippen LogP) is 2.34. The largest absolute Gasteiger partial charge is 0.453 e. The van der Waals surface area contributed by atoms with Crippen molar-refractivity contribution in [3.8, 4) is 5.69 Å². The van der Waals surface area contributed by atoms with Gasteiger partial charge in [-0.3, -0.25) is 19.6 Å². The Bertz CT molecular complexity index is 1470. The summed E-state index contributed by atoms with van der Waals surface area (Å²) in [6, 6.07) is 14.1. The van der Waals surface area contributed by atoms with Gasteiger partial charge in [-0.05, 0) is 41.5 Å². The van der Waals surface area contributed by atoms with Crippen molar-refractivity contribution in [2.75, 3.05) is 20.8 Å². The molecule has 0 bridgehead atoms. The molecule has 3 aromatic rings. The Hall–Kier alpha value is -5.02. The summed E-state index contributed by atoms with van der Waals surface area (Å²) in [6.45, 7) is 7.36. The Morgan fingerprint density at radius 1 is 0.816 bits per heavy atom. The highest BCUT2D eigenvalue weighted by Crippen LogP contribution is 2.15. The number of aromatic nitrogens is 3. The molecule has 49 heavy (non-hydrogen) atoms. The molecule has 5 N–H and O–H groups in total. The third-order valence-corrected chi connectivity index (χ3v) is 8.16. The summed E-state index contributed by atoms with van der Waals surface area (Å²) in [7, 11) is 2.43. The van der Waals surface area contributed by atoms with Gasteiger partial charge in [0.2, 0.25) is 5.91 Å². The Morgan fingerprint density at radius 3 is 1.96 bits per heavy atom. The van der Waals surface area contributed by atoms with Crippen LogP contribution in [0.5, 0.6) is 0 Å². The van der Waals surface area contributed by atoms with Crippen LogP contribution in [0.4, 0.5) is 9.59 Å². The molecule has 2 unspecified atom stereocenters. The first kappa shape index (κ1) is 38.4. The average molecular weight is 681 g/mol. The van der Waals surface area contributed by atoms with E-state index >= 15 is 0 Å². The number of aliphatic hydroxyl groups is 1. The van der Waals surface area contributed by atoms with Gasteiger partial charge in [-0.15, -0.1) is 10.2 Å². The summed E-state index contributed by atoms with van der Waals surface area (Å²) in [4.78, 5) is 51.3. The van der Waals surface area contributed by atoms with Crippen LogP contribution in [-0.2, 0) is 32.0 Å². The summed E-state index contributed by atoms with van der Waals surface area (Å²) in [5.41, 5.74) is 5.37. The van der Waals surface area contributed by atoms with Crippen LogP contribution in [0.2, 0.25) is 0 Å². The predicted molar refractivity (Wildman–Crippen MR) is 181 cm³/mol. The van der Waals surface area contributed by atoms with E-state index in [4.69, 9.17) is 9.47 Å². The lowest BCUT2D eigenvalue weighted by atomic mass is 9.98. The van der Waals surface area contributed by atoms with E-state index < -0.39 is 48.2 Å². The van der Waals surface area contributed by atoms with Crippen LogP contribution in [0.15, 0.2) is 67.3 Å². The standard InChI is InChI=1S/C34H48N8O7/c1-7-23(4)30(39-34(47)49-6)32(45)40-42(18-25-13-15-26(16-14-25)41-20-35-36-21-41)19-28(43)27(17-24-11-9-8-10-12-24)37-31(44)29(22(2)3)38-33(46)48-5/h8-16,20-23,27-30,43H,7,17-19H2,1-6H3,(H,37,44)(H,38,46)(H,39,47)(H,40,45)/t23-,27?,28?,29-,30-/m0/s1. The number of carbonyl (C=O) groups excluding carboxylic acids is 4. The molecule has 4 amide bonds. The molecular weight excluding hydrogens is 632 g/mol. The van der Waals surface area contributed by atoms with E-state index in [1.54, 1.807) is 36.1 Å². The molecule has 0 radical (unpaired) electrons. The minimum atomic E-state index is -1.21. The zero-order valence-electron chi connectivity index (χ0n) is 28.8. The number of hydrazine groups is 1. The van der Waals surface area contributed by atoms with Crippen LogP contribution in [-0.4, -0.2) is 93.9 Å². The summed E-state index contributed by atoms with van der Waals surface area (Å²) in [5.74, 6) is -1.53. The highest BCUT2D eigenvalue weighted by Gasteiger charge is 2.32. The normalized spacial score (nSPS) is 14.2. The summed E-state index contributed by atoms with van der Waals surface area (Å²) in [5, 5.41) is 29.1. The van der Waals surface area contributed by atoms with Gasteiger partial charge in [0, 0.05) is 18.8 Å². The van der Waals surface area contributed by atoms with Crippen molar-refractivity contribution < 1.29 is 33.8 Å². The number of aliphatic hydroxyl groups excluding tert-OH is 1. The number of hydrogen-bond acceptors (Lipinski definition) is 10. The van der Waals surface area contributed by atoms with E-state index in [1.807, 2.05) is 68.4 Å². The van der Waals surface area contributed by atoms with Gasteiger partial charge in [-0.25, -0.2) is 14.6 Å². The molecular formula is C34H48N8O7. The number of rotatable bonds is 17. The van der Waals surface area contributed by atoms with Crippen molar-refractivity contribution in [3.05, 3.63) is 78.4 Å². The van der Waals surface area contributed by atoms with Gasteiger partial charge in [0.05, 0.1) is 26.4 Å². The van der Waals surface area contributed by atoms with Crippen molar-refractivity contribution in [1.82, 2.24) is 41.1 Å². The molecule has 0 aliphatic heterocycles. The summed E-state index contributed by atoms with van der Waals surface area (Å²) < 4.78 is 11.2. The molecule has 2 aromatic carbocycles. The third kappa shape index (κ3) is 11.9. The van der Waals surface area contributed by atoms with Gasteiger partial charge >= 0.3 is 12.2 Å². The third-order valence-electron chi connectivity index (χ3n) is 8.16. The maximum absolute atomic E-state index is 13.7. The number of alkyl carbamates (subject to hydrolysis) is 2. The van der Waals surface area contributed by atoms with Gasteiger partial charge in [0.25, 0.3) is 5.91 Å². The van der Waals surface area contributed by atoms with Gasteiger partial charge in [0.1, 0.15) is 24.7 Å². The van der Waals surface area contributed by atoms with E-state index in [0.29, 0.717) is 6.42 Å². The van der Waals surface area contributed by atoms with E-state index in [-0.39, 0.29) is 31.3 Å². The molecule has 15 heteroatoms. The smallest absolute Gasteiger partial charge is 0.407 e. The zero-order chi connectivity index (χ0) is 35.9. The van der Waals surface area contributed by atoms with Crippen molar-refractivity contribution in [1.29, 1.82) is 0 Å². The molecule has 0 aliphatic rings. The summed E-state index contributed by atoms with van der Waals surface area (Å²) >= 11 is 0. The maximum Gasteiger partial charge on any atom is 0.407 e. The lowest BCUT2D eigenvalue weighted by Gasteiger charge is -2.33. The van der Waals surface area contributed by atoms with Crippen LogP contribution < -0.4 is 21.4 Å². The van der Waals surface area contributed by atoms with Gasteiger partial charge in [0.15, 0.2) is 0 Å². The first-order valence-electron chi connectivity index (χ1n) is 16.2. The molecule has 266 valence electrons. The number of amides is 4. The second kappa shape index (κ2) is 19.1. The number of hydrogen-bond donors (Lipinski definition) is 5. The van der Waals surface area contributed by atoms with E-state index in [9.17, 15) is 24.3 Å². The lowest BCUT2D eigenvalue weighted by Crippen LogP contribution is -2.59. The molecule has 0 fully saturated rings. The number of methoxy groups -OCH3 is 2. The molecule has 1 heterocycles. The first-order valence-corrected chi connectivity index (χ1v) is 16.2. The van der Waals surface area contributed by atoms with Crippen LogP contribution >= 0.6 is 0 Å². The van der Waals surface area contributed by atoms with Crippen LogP contribution in [0, 0.1) is 11.8 Å². The number of ether oxygens (including phenoxy) is 2. The van der Waals surface area contributed by atoms with Crippen LogP contribution in [0.25, 0.3) is 5.69 Å². The van der Waals surface area contributed by atoms with E-state index in [0.717, 1.165) is 16.8 Å². The Balaban J connectivity index is 1.91. The average Bonchev–Trinajstić information content (AvgIpc) is 3.64. The fraction of sp³-hybridized carbons (Fsp3) is 0.471. The van der Waals surface area contributed by atoms with Crippen molar-refractivity contribution in [3.63, 3.8) is 0 Å². The second-order valence-corrected chi connectivity index (χ2v) is 12.1. The first-order chi connectivity index (χ1) is 23.4. The number of nitrogens with zero attached hydrogens (tertiary/aromatic N) is 4. The minimum Gasteiger partial charge on any atom is -0.453 e. The second-order valence-electron chi connectivity index (χ2n) is 12.1. The fourth-order valence-corrected chi connectivity index (χ4v) is 5.09. The van der Waals surface area contributed by atoms with Gasteiger partial charge < -0.3 is 30.5 Å². The number of nitrogens with one attached hydrogen (secondary N) is 4. The molecule has 0 aliphatic carbocycles. The van der Waals surface area contributed by atoms with E-state index in [1.165, 1.54) is 14.2 Å². The minimum absolute atomic E-state index is 0.112. The zero-order valence-corrected chi connectivity index (χ0v) is 28.8. The Labute approximate surface area is 286 Å².